The van der Waals surface area contributed by atoms with Crippen LogP contribution < -0.4 is 4.90 Å². The fraction of sp³-hybridized carbons (Fsp3) is 0.0508. The summed E-state index contributed by atoms with van der Waals surface area (Å²) >= 11 is 0. The molecule has 10 aromatic carbocycles. The molecular weight excluding hydrogens is 753 g/mol. The molecule has 0 saturated heterocycles. The van der Waals surface area contributed by atoms with Gasteiger partial charge in [0.2, 0.25) is 0 Å². The van der Waals surface area contributed by atoms with Gasteiger partial charge in [-0.2, -0.15) is 0 Å². The van der Waals surface area contributed by atoms with Crippen LogP contribution in [0.5, 0.6) is 0 Å². The van der Waals surface area contributed by atoms with E-state index in [1.54, 1.807) is 0 Å². The normalized spacial score (nSPS) is 13.1. The van der Waals surface area contributed by atoms with Crippen molar-refractivity contribution < 1.29 is 4.42 Å². The maximum absolute atomic E-state index is 7.06. The van der Waals surface area contributed by atoms with Gasteiger partial charge >= 0.3 is 0 Å². The Bertz CT molecular complexity index is 3740. The minimum atomic E-state index is -0.160. The third kappa shape index (κ3) is 4.88. The second-order valence-corrected chi connectivity index (χ2v) is 17.2. The third-order valence-electron chi connectivity index (χ3n) is 13.6. The van der Waals surface area contributed by atoms with Gasteiger partial charge in [-0.05, 0) is 111 Å². The molecule has 12 aromatic rings. The highest BCUT2D eigenvalue weighted by Gasteiger charge is 2.38. The molecule has 0 saturated carbocycles. The number of aromatic nitrogens is 1. The number of benzene rings is 10. The predicted octanol–water partition coefficient (Wildman–Crippen LogP) is 16.4. The minimum Gasteiger partial charge on any atom is -0.455 e. The fourth-order valence-corrected chi connectivity index (χ4v) is 10.8. The molecule has 0 amide bonds. The maximum atomic E-state index is 7.06. The van der Waals surface area contributed by atoms with Crippen molar-refractivity contribution in [3.8, 4) is 27.9 Å². The van der Waals surface area contributed by atoms with E-state index in [9.17, 15) is 0 Å². The SMILES string of the molecule is CC1(C)c2ccccc2-c2c(N(c3ccc(-n4c5ccccc5c5ccccc54)cc3)c3ccc(-c4cc5ccccc5c5ccccc45)c4oc5ccccc5c34)cccc21. The maximum Gasteiger partial charge on any atom is 0.145 e. The van der Waals surface area contributed by atoms with E-state index in [-0.39, 0.29) is 5.41 Å². The number of fused-ring (bicyclic) bond motifs is 12. The minimum absolute atomic E-state index is 0.160. The van der Waals surface area contributed by atoms with Crippen molar-refractivity contribution in [2.75, 3.05) is 4.90 Å². The zero-order chi connectivity index (χ0) is 41.1. The number of anilines is 3. The van der Waals surface area contributed by atoms with Crippen LogP contribution in [0.15, 0.2) is 211 Å². The van der Waals surface area contributed by atoms with E-state index in [1.165, 1.54) is 65.6 Å². The first-order chi connectivity index (χ1) is 30.5. The van der Waals surface area contributed by atoms with Crippen LogP contribution in [0.1, 0.15) is 25.0 Å². The van der Waals surface area contributed by atoms with Crippen molar-refractivity contribution in [2.24, 2.45) is 0 Å². The van der Waals surface area contributed by atoms with Crippen LogP contribution in [0.25, 0.3) is 93.2 Å². The van der Waals surface area contributed by atoms with E-state index < -0.39 is 0 Å². The first kappa shape index (κ1) is 34.9. The van der Waals surface area contributed by atoms with Crippen LogP contribution in [-0.4, -0.2) is 4.57 Å². The summed E-state index contributed by atoms with van der Waals surface area (Å²) in [4.78, 5) is 2.49. The Labute approximate surface area is 359 Å². The number of nitrogens with zero attached hydrogens (tertiary/aromatic N) is 2. The monoisotopic (exact) mass is 792 g/mol. The van der Waals surface area contributed by atoms with Crippen LogP contribution >= 0.6 is 0 Å². The van der Waals surface area contributed by atoms with E-state index in [0.717, 1.165) is 55.8 Å². The first-order valence-corrected chi connectivity index (χ1v) is 21.5. The van der Waals surface area contributed by atoms with Crippen LogP contribution in [0, 0.1) is 0 Å². The molecule has 0 fully saturated rings. The summed E-state index contributed by atoms with van der Waals surface area (Å²) in [7, 11) is 0. The second kappa shape index (κ2) is 13.1. The lowest BCUT2D eigenvalue weighted by Crippen LogP contribution is -2.16. The van der Waals surface area contributed by atoms with Crippen LogP contribution in [0.3, 0.4) is 0 Å². The van der Waals surface area contributed by atoms with Crippen molar-refractivity contribution in [2.45, 2.75) is 19.3 Å². The van der Waals surface area contributed by atoms with Crippen molar-refractivity contribution in [3.05, 3.63) is 217 Å². The fourth-order valence-electron chi connectivity index (χ4n) is 10.8. The smallest absolute Gasteiger partial charge is 0.145 e. The Kier molecular flexibility index (Phi) is 7.36. The number of hydrogen-bond acceptors (Lipinski definition) is 2. The first-order valence-electron chi connectivity index (χ1n) is 21.5. The van der Waals surface area contributed by atoms with Crippen molar-refractivity contribution in [3.63, 3.8) is 0 Å². The Morgan fingerprint density at radius 1 is 0.435 bits per heavy atom. The second-order valence-electron chi connectivity index (χ2n) is 17.2. The lowest BCUT2D eigenvalue weighted by molar-refractivity contribution is 0.660. The summed E-state index contributed by atoms with van der Waals surface area (Å²) < 4.78 is 9.45. The van der Waals surface area contributed by atoms with Gasteiger partial charge in [-0.25, -0.2) is 0 Å². The summed E-state index contributed by atoms with van der Waals surface area (Å²) in [6.45, 7) is 4.72. The highest BCUT2D eigenvalue weighted by atomic mass is 16.3. The van der Waals surface area contributed by atoms with Gasteiger partial charge in [-0.15, -0.1) is 0 Å². The van der Waals surface area contributed by atoms with Crippen molar-refractivity contribution in [1.29, 1.82) is 0 Å². The predicted molar refractivity (Wildman–Crippen MR) is 261 cm³/mol. The lowest BCUT2D eigenvalue weighted by Gasteiger charge is -2.30. The van der Waals surface area contributed by atoms with Gasteiger partial charge in [0, 0.05) is 44.1 Å². The molecule has 1 aliphatic carbocycles. The Balaban J connectivity index is 1.10. The zero-order valence-electron chi connectivity index (χ0n) is 34.4. The molecule has 62 heavy (non-hydrogen) atoms. The molecule has 3 nitrogen and oxygen atoms in total. The van der Waals surface area contributed by atoms with E-state index in [1.807, 2.05) is 0 Å². The van der Waals surface area contributed by atoms with E-state index in [2.05, 4.69) is 230 Å². The van der Waals surface area contributed by atoms with Gasteiger partial charge in [-0.3, -0.25) is 0 Å². The number of para-hydroxylation sites is 3. The summed E-state index contributed by atoms with van der Waals surface area (Å²) in [5.74, 6) is 0. The van der Waals surface area contributed by atoms with Crippen LogP contribution in [0.2, 0.25) is 0 Å². The molecule has 0 bridgehead atoms. The van der Waals surface area contributed by atoms with Gasteiger partial charge in [0.25, 0.3) is 0 Å². The molecule has 292 valence electrons. The van der Waals surface area contributed by atoms with Crippen LogP contribution in [-0.2, 0) is 5.41 Å². The quantitative estimate of drug-likeness (QED) is 0.162. The molecule has 0 atom stereocenters. The standard InChI is InChI=1S/C59H40N2O/c1-59(2)49-24-11-7-22-46(49)56-50(59)25-15-28-53(56)61(39-32-30-38(31-33-39)60-51-26-12-8-20-43(51)44-21-9-13-27-52(44)60)54-35-34-45(58-57(54)47-23-10-14-29-55(47)62-58)48-36-37-16-3-4-17-40(37)41-18-5-6-19-42(41)48/h3-36H,1-2H3. The molecule has 0 unspecified atom stereocenters. The molecule has 13 rings (SSSR count). The molecule has 0 N–H and O–H groups in total. The molecule has 0 spiro atoms. The van der Waals surface area contributed by atoms with Crippen molar-refractivity contribution >= 4 is 82.4 Å². The molecule has 0 radical (unpaired) electrons. The van der Waals surface area contributed by atoms with E-state index >= 15 is 0 Å². The van der Waals surface area contributed by atoms with Gasteiger partial charge in [0.15, 0.2) is 0 Å². The summed E-state index contributed by atoms with van der Waals surface area (Å²) in [5.41, 5.74) is 15.8. The third-order valence-corrected chi connectivity index (χ3v) is 13.6. The van der Waals surface area contributed by atoms with Crippen LogP contribution in [0.4, 0.5) is 17.1 Å². The number of furan rings is 1. The zero-order valence-corrected chi connectivity index (χ0v) is 34.4. The Morgan fingerprint density at radius 3 is 1.82 bits per heavy atom. The lowest BCUT2D eigenvalue weighted by atomic mass is 9.82. The Morgan fingerprint density at radius 2 is 1.05 bits per heavy atom. The largest absolute Gasteiger partial charge is 0.455 e. The molecule has 1 aliphatic rings. The van der Waals surface area contributed by atoms with Gasteiger partial charge in [0.1, 0.15) is 11.2 Å². The topological polar surface area (TPSA) is 21.3 Å². The molecule has 2 aromatic heterocycles. The molecule has 2 heterocycles. The molecular formula is C59H40N2O. The van der Waals surface area contributed by atoms with Gasteiger partial charge < -0.3 is 13.9 Å². The number of hydrogen-bond donors (Lipinski definition) is 0. The highest BCUT2D eigenvalue weighted by Crippen LogP contribution is 2.56. The van der Waals surface area contributed by atoms with Gasteiger partial charge in [0.05, 0.1) is 27.8 Å². The summed E-state index contributed by atoms with van der Waals surface area (Å²) in [5, 5.41) is 9.58. The van der Waals surface area contributed by atoms with E-state index in [4.69, 9.17) is 4.42 Å². The number of rotatable bonds is 5. The van der Waals surface area contributed by atoms with Crippen molar-refractivity contribution in [1.82, 2.24) is 4.57 Å². The summed E-state index contributed by atoms with van der Waals surface area (Å²) in [6.07, 6.45) is 0. The summed E-state index contributed by atoms with van der Waals surface area (Å²) in [6, 6.07) is 75.3. The Hall–Kier alpha value is -7.88. The average molecular weight is 793 g/mol. The molecule has 3 heteroatoms. The average Bonchev–Trinajstić information content (AvgIpc) is 3.96. The molecule has 0 aliphatic heterocycles. The highest BCUT2D eigenvalue weighted by molar-refractivity contribution is 6.21. The van der Waals surface area contributed by atoms with Gasteiger partial charge in [-0.1, -0.05) is 153 Å². The van der Waals surface area contributed by atoms with E-state index in [0.29, 0.717) is 0 Å².